The van der Waals surface area contributed by atoms with Crippen LogP contribution in [-0.4, -0.2) is 35.9 Å². The van der Waals surface area contributed by atoms with E-state index in [1.807, 2.05) is 0 Å². The van der Waals surface area contributed by atoms with Crippen LogP contribution in [0.4, 0.5) is 17.6 Å². The van der Waals surface area contributed by atoms with E-state index in [1.165, 1.54) is 0 Å². The molecule has 0 aliphatic heterocycles. The molecule has 4 nitrogen and oxygen atoms in total. The number of alkyl halides is 4. The molecule has 0 heterocycles. The van der Waals surface area contributed by atoms with Crippen LogP contribution in [-0.2, 0) is 9.59 Å². The number of halogens is 4. The van der Waals surface area contributed by atoms with Gasteiger partial charge >= 0.3 is 18.1 Å². The summed E-state index contributed by atoms with van der Waals surface area (Å²) < 4.78 is 46.1. The average Bonchev–Trinajstić information content (AvgIpc) is 1.96. The van der Waals surface area contributed by atoms with Crippen LogP contribution in [0.5, 0.6) is 0 Å². The molecular weight excluding hydrogens is 198 g/mol. The summed E-state index contributed by atoms with van der Waals surface area (Å²) in [4.78, 5) is 20.0. The number of carbonyl (C=O) groups is 2. The molecule has 1 unspecified atom stereocenters. The van der Waals surface area contributed by atoms with E-state index in [9.17, 15) is 27.2 Å². The van der Waals surface area contributed by atoms with Crippen molar-refractivity contribution < 1.29 is 32.3 Å². The minimum absolute atomic E-state index is 0.968. The molecule has 8 heteroatoms. The van der Waals surface area contributed by atoms with Gasteiger partial charge in [-0.2, -0.15) is 13.2 Å². The summed E-state index contributed by atoms with van der Waals surface area (Å²) in [6, 6.07) is -2.16. The zero-order valence-corrected chi connectivity index (χ0v) is 6.06. The zero-order chi connectivity index (χ0) is 10.6. The summed E-state index contributed by atoms with van der Waals surface area (Å²) in [6.07, 6.45) is -5.21. The summed E-state index contributed by atoms with van der Waals surface area (Å²) in [5.74, 6) is -4.34. The Morgan fingerprint density at radius 3 is 2.08 bits per heavy atom. The van der Waals surface area contributed by atoms with E-state index >= 15 is 0 Å². The maximum atomic E-state index is 11.7. The molecule has 0 spiro atoms. The Labute approximate surface area is 69.5 Å². The van der Waals surface area contributed by atoms with Crippen molar-refractivity contribution in [2.45, 2.75) is 12.2 Å². The standard InChI is InChI=1S/C5H5F4NO3/c6-1-2(3(11)12)10-4(13)5(7,8)9/h2H,1H2,(H,10,13)(H,11,12). The van der Waals surface area contributed by atoms with Crippen molar-refractivity contribution >= 4 is 11.9 Å². The molecule has 0 rings (SSSR count). The normalized spacial score (nSPS) is 13.5. The van der Waals surface area contributed by atoms with Crippen LogP contribution in [0.25, 0.3) is 0 Å². The van der Waals surface area contributed by atoms with Gasteiger partial charge in [0.05, 0.1) is 0 Å². The van der Waals surface area contributed by atoms with Crippen molar-refractivity contribution in [2.75, 3.05) is 6.67 Å². The number of hydrogen-bond donors (Lipinski definition) is 2. The highest BCUT2D eigenvalue weighted by Gasteiger charge is 2.40. The lowest BCUT2D eigenvalue weighted by molar-refractivity contribution is -0.175. The molecule has 0 aliphatic rings. The second-order valence-corrected chi connectivity index (χ2v) is 2.02. The van der Waals surface area contributed by atoms with Gasteiger partial charge in [0, 0.05) is 0 Å². The fourth-order valence-electron chi connectivity index (χ4n) is 0.406. The molecule has 0 aromatic carbocycles. The Bertz CT molecular complexity index is 214. The van der Waals surface area contributed by atoms with Gasteiger partial charge in [0.1, 0.15) is 6.67 Å². The molecule has 0 saturated carbocycles. The van der Waals surface area contributed by atoms with Gasteiger partial charge in [-0.1, -0.05) is 0 Å². The number of hydrogen-bond acceptors (Lipinski definition) is 2. The molecule has 0 saturated heterocycles. The summed E-state index contributed by atoms with van der Waals surface area (Å²) in [5.41, 5.74) is 0. The molecular formula is C5H5F4NO3. The topological polar surface area (TPSA) is 66.4 Å². The number of carboxylic acid groups (broad SMARTS) is 1. The highest BCUT2D eigenvalue weighted by atomic mass is 19.4. The molecule has 0 aromatic heterocycles. The van der Waals surface area contributed by atoms with Gasteiger partial charge in [0.25, 0.3) is 0 Å². The van der Waals surface area contributed by atoms with Crippen molar-refractivity contribution in [3.8, 4) is 0 Å². The maximum Gasteiger partial charge on any atom is 0.471 e. The van der Waals surface area contributed by atoms with Crippen LogP contribution in [0.15, 0.2) is 0 Å². The minimum atomic E-state index is -5.21. The van der Waals surface area contributed by atoms with Crippen LogP contribution in [0.1, 0.15) is 0 Å². The number of aliphatic carboxylic acids is 1. The molecule has 76 valence electrons. The quantitative estimate of drug-likeness (QED) is 0.638. The van der Waals surface area contributed by atoms with Gasteiger partial charge < -0.3 is 10.4 Å². The van der Waals surface area contributed by atoms with E-state index in [-0.39, 0.29) is 0 Å². The summed E-state index contributed by atoms with van der Waals surface area (Å²) >= 11 is 0. The molecule has 1 atom stereocenters. The van der Waals surface area contributed by atoms with Gasteiger partial charge in [0.2, 0.25) is 0 Å². The maximum absolute atomic E-state index is 11.7. The molecule has 0 fully saturated rings. The molecule has 0 aromatic rings. The first kappa shape index (κ1) is 11.7. The average molecular weight is 203 g/mol. The lowest BCUT2D eigenvalue weighted by atomic mass is 10.3. The molecule has 1 amide bonds. The largest absolute Gasteiger partial charge is 0.480 e. The van der Waals surface area contributed by atoms with Gasteiger partial charge in [-0.05, 0) is 0 Å². The van der Waals surface area contributed by atoms with Gasteiger partial charge in [0.15, 0.2) is 6.04 Å². The second-order valence-electron chi connectivity index (χ2n) is 2.02. The Morgan fingerprint density at radius 1 is 1.38 bits per heavy atom. The highest BCUT2D eigenvalue weighted by molar-refractivity contribution is 5.86. The Morgan fingerprint density at radius 2 is 1.85 bits per heavy atom. The van der Waals surface area contributed by atoms with Crippen LogP contribution in [0.3, 0.4) is 0 Å². The lowest BCUT2D eigenvalue weighted by Gasteiger charge is -2.11. The van der Waals surface area contributed by atoms with Crippen molar-refractivity contribution in [1.29, 1.82) is 0 Å². The van der Waals surface area contributed by atoms with Crippen molar-refractivity contribution in [3.63, 3.8) is 0 Å². The van der Waals surface area contributed by atoms with E-state index in [2.05, 4.69) is 0 Å². The predicted molar refractivity (Wildman–Crippen MR) is 31.6 cm³/mol. The van der Waals surface area contributed by atoms with Gasteiger partial charge in [-0.15, -0.1) is 0 Å². The Kier molecular flexibility index (Phi) is 3.64. The third kappa shape index (κ3) is 3.72. The minimum Gasteiger partial charge on any atom is -0.480 e. The molecule has 0 radical (unpaired) electrons. The van der Waals surface area contributed by atoms with E-state index in [1.54, 1.807) is 0 Å². The van der Waals surface area contributed by atoms with E-state index in [0.29, 0.717) is 0 Å². The summed E-state index contributed by atoms with van der Waals surface area (Å²) in [5, 5.41) is 9.03. The van der Waals surface area contributed by atoms with E-state index < -0.39 is 30.8 Å². The van der Waals surface area contributed by atoms with Gasteiger partial charge in [-0.3, -0.25) is 4.79 Å². The molecule has 0 bridgehead atoms. The molecule has 2 N–H and O–H groups in total. The highest BCUT2D eigenvalue weighted by Crippen LogP contribution is 2.14. The fourth-order valence-corrected chi connectivity index (χ4v) is 0.406. The Balaban J connectivity index is 4.26. The lowest BCUT2D eigenvalue weighted by Crippen LogP contribution is -2.47. The van der Waals surface area contributed by atoms with Crippen molar-refractivity contribution in [2.24, 2.45) is 0 Å². The number of nitrogens with one attached hydrogen (secondary N) is 1. The van der Waals surface area contributed by atoms with Crippen molar-refractivity contribution in [1.82, 2.24) is 5.32 Å². The van der Waals surface area contributed by atoms with Crippen LogP contribution >= 0.6 is 0 Å². The number of rotatable bonds is 3. The fraction of sp³-hybridized carbons (Fsp3) is 0.600. The smallest absolute Gasteiger partial charge is 0.471 e. The first-order valence-corrected chi connectivity index (χ1v) is 2.95. The molecule has 0 aliphatic carbocycles. The third-order valence-electron chi connectivity index (χ3n) is 1.02. The van der Waals surface area contributed by atoms with Crippen LogP contribution in [0, 0.1) is 0 Å². The SMILES string of the molecule is O=C(O)C(CF)NC(=O)C(F)(F)F. The van der Waals surface area contributed by atoms with Crippen molar-refractivity contribution in [3.05, 3.63) is 0 Å². The summed E-state index contributed by atoms with van der Waals surface area (Å²) in [6.45, 7) is -1.60. The first-order chi connectivity index (χ1) is 5.79. The number of carboxylic acids is 1. The van der Waals surface area contributed by atoms with Crippen LogP contribution in [0.2, 0.25) is 0 Å². The number of carbonyl (C=O) groups excluding carboxylic acids is 1. The van der Waals surface area contributed by atoms with E-state index in [4.69, 9.17) is 5.11 Å². The second kappa shape index (κ2) is 4.06. The zero-order valence-electron chi connectivity index (χ0n) is 6.06. The van der Waals surface area contributed by atoms with Crippen LogP contribution < -0.4 is 5.32 Å². The Hall–Kier alpha value is -1.34. The predicted octanol–water partition coefficient (Wildman–Crippen LogP) is 0.0876. The summed E-state index contributed by atoms with van der Waals surface area (Å²) in [7, 11) is 0. The number of amides is 1. The third-order valence-corrected chi connectivity index (χ3v) is 1.02. The van der Waals surface area contributed by atoms with E-state index in [0.717, 1.165) is 5.32 Å². The molecule has 13 heavy (non-hydrogen) atoms. The first-order valence-electron chi connectivity index (χ1n) is 2.95. The monoisotopic (exact) mass is 203 g/mol. The van der Waals surface area contributed by atoms with Gasteiger partial charge in [-0.25, -0.2) is 9.18 Å².